The molecule has 1 atom stereocenters. The maximum Gasteiger partial charge on any atom is 0.257 e. The molecule has 0 aromatic heterocycles. The summed E-state index contributed by atoms with van der Waals surface area (Å²) in [6.07, 6.45) is -1.06. The van der Waals surface area contributed by atoms with Gasteiger partial charge >= 0.3 is 0 Å². The van der Waals surface area contributed by atoms with Gasteiger partial charge in [-0.2, -0.15) is 0 Å². The molecule has 2 aromatic rings. The number of aliphatic hydroxyl groups is 1. The van der Waals surface area contributed by atoms with Gasteiger partial charge in [-0.15, -0.1) is 0 Å². The van der Waals surface area contributed by atoms with E-state index in [1.165, 1.54) is 0 Å². The highest BCUT2D eigenvalue weighted by Crippen LogP contribution is 2.39. The predicted molar refractivity (Wildman–Crippen MR) is 77.1 cm³/mol. The lowest BCUT2D eigenvalue weighted by molar-refractivity contribution is -0.123. The molecule has 1 aliphatic rings. The zero-order valence-electron chi connectivity index (χ0n) is 10.8. The molecule has 0 saturated carbocycles. The van der Waals surface area contributed by atoms with Crippen LogP contribution in [0.2, 0.25) is 0 Å². The molecular weight excluding hydrogens is 274 g/mol. The first kappa shape index (κ1) is 13.0. The fourth-order valence-electron chi connectivity index (χ4n) is 2.12. The molecule has 3 rings (SSSR count). The standard InChI is InChI=1S/C15H13NO3S/c1-19-12-4-2-3-5-13(12)20-9-6-7-10-11(8-9)16-15(18)14(10)17/h2-8,14,17H,1H3,(H,16,18). The maximum absolute atomic E-state index is 11.4. The molecule has 0 aliphatic carbocycles. The van der Waals surface area contributed by atoms with Crippen LogP contribution in [0.1, 0.15) is 11.7 Å². The average Bonchev–Trinajstić information content (AvgIpc) is 2.74. The third-order valence-electron chi connectivity index (χ3n) is 3.12. The number of nitrogens with one attached hydrogen (secondary N) is 1. The minimum atomic E-state index is -1.06. The highest BCUT2D eigenvalue weighted by atomic mass is 32.2. The lowest BCUT2D eigenvalue weighted by atomic mass is 10.1. The molecule has 0 fully saturated rings. The van der Waals surface area contributed by atoms with Crippen LogP contribution in [0.25, 0.3) is 0 Å². The van der Waals surface area contributed by atoms with Crippen molar-refractivity contribution in [2.45, 2.75) is 15.9 Å². The Hall–Kier alpha value is -1.98. The molecule has 1 amide bonds. The first-order valence-corrected chi connectivity index (χ1v) is 6.94. The van der Waals surface area contributed by atoms with Crippen molar-refractivity contribution >= 4 is 23.4 Å². The van der Waals surface area contributed by atoms with E-state index >= 15 is 0 Å². The van der Waals surface area contributed by atoms with Crippen molar-refractivity contribution < 1.29 is 14.6 Å². The number of methoxy groups -OCH3 is 1. The number of benzene rings is 2. The molecule has 0 spiro atoms. The van der Waals surface area contributed by atoms with E-state index in [2.05, 4.69) is 5.32 Å². The molecular formula is C15H13NO3S. The Labute approximate surface area is 120 Å². The maximum atomic E-state index is 11.4. The summed E-state index contributed by atoms with van der Waals surface area (Å²) in [5.41, 5.74) is 1.29. The molecule has 0 saturated heterocycles. The second kappa shape index (κ2) is 5.19. The van der Waals surface area contributed by atoms with Gasteiger partial charge in [-0.25, -0.2) is 0 Å². The summed E-state index contributed by atoms with van der Waals surface area (Å²) in [4.78, 5) is 13.4. The second-order valence-corrected chi connectivity index (χ2v) is 5.51. The number of aliphatic hydroxyl groups excluding tert-OH is 1. The zero-order valence-corrected chi connectivity index (χ0v) is 11.6. The van der Waals surface area contributed by atoms with Crippen LogP contribution in [0.4, 0.5) is 5.69 Å². The molecule has 102 valence electrons. The van der Waals surface area contributed by atoms with Crippen LogP contribution in [0.15, 0.2) is 52.3 Å². The third kappa shape index (κ3) is 2.26. The van der Waals surface area contributed by atoms with E-state index in [1.807, 2.05) is 36.4 Å². The summed E-state index contributed by atoms with van der Waals surface area (Å²) >= 11 is 1.55. The largest absolute Gasteiger partial charge is 0.496 e. The molecule has 20 heavy (non-hydrogen) atoms. The van der Waals surface area contributed by atoms with Crippen LogP contribution in [0.3, 0.4) is 0 Å². The van der Waals surface area contributed by atoms with E-state index in [-0.39, 0.29) is 5.91 Å². The van der Waals surface area contributed by atoms with E-state index in [4.69, 9.17) is 4.74 Å². The van der Waals surface area contributed by atoms with Crippen LogP contribution in [0.5, 0.6) is 5.75 Å². The summed E-state index contributed by atoms with van der Waals surface area (Å²) in [6, 6.07) is 13.3. The van der Waals surface area contributed by atoms with E-state index in [0.29, 0.717) is 11.3 Å². The highest BCUT2D eigenvalue weighted by Gasteiger charge is 2.28. The van der Waals surface area contributed by atoms with Gasteiger partial charge in [0, 0.05) is 16.1 Å². The Morgan fingerprint density at radius 2 is 2.05 bits per heavy atom. The fraction of sp³-hybridized carbons (Fsp3) is 0.133. The van der Waals surface area contributed by atoms with Crippen LogP contribution in [-0.4, -0.2) is 18.1 Å². The number of anilines is 1. The van der Waals surface area contributed by atoms with Crippen molar-refractivity contribution in [3.05, 3.63) is 48.0 Å². The topological polar surface area (TPSA) is 58.6 Å². The van der Waals surface area contributed by atoms with Crippen LogP contribution in [-0.2, 0) is 4.79 Å². The zero-order chi connectivity index (χ0) is 14.1. The van der Waals surface area contributed by atoms with Crippen molar-refractivity contribution in [3.63, 3.8) is 0 Å². The second-order valence-electron chi connectivity index (χ2n) is 4.39. The number of ether oxygens (including phenoxy) is 1. The van der Waals surface area contributed by atoms with Gasteiger partial charge in [0.15, 0.2) is 6.10 Å². The number of carbonyl (C=O) groups excluding carboxylic acids is 1. The Bertz CT molecular complexity index is 672. The average molecular weight is 287 g/mol. The number of amides is 1. The number of hydrogen-bond donors (Lipinski definition) is 2. The lowest BCUT2D eigenvalue weighted by Gasteiger charge is -2.08. The van der Waals surface area contributed by atoms with Crippen molar-refractivity contribution in [1.82, 2.24) is 0 Å². The Balaban J connectivity index is 1.90. The number of fused-ring (bicyclic) bond motifs is 1. The predicted octanol–water partition coefficient (Wildman–Crippen LogP) is 2.83. The summed E-state index contributed by atoms with van der Waals surface area (Å²) in [7, 11) is 1.64. The van der Waals surface area contributed by atoms with Gasteiger partial charge in [-0.1, -0.05) is 30.0 Å². The molecule has 0 radical (unpaired) electrons. The van der Waals surface area contributed by atoms with E-state index in [9.17, 15) is 9.90 Å². The van der Waals surface area contributed by atoms with Gasteiger partial charge < -0.3 is 15.2 Å². The Kier molecular flexibility index (Phi) is 3.38. The van der Waals surface area contributed by atoms with Crippen molar-refractivity contribution in [2.24, 2.45) is 0 Å². The van der Waals surface area contributed by atoms with E-state index in [1.54, 1.807) is 24.9 Å². The molecule has 2 N–H and O–H groups in total. The van der Waals surface area contributed by atoms with Gasteiger partial charge in [-0.05, 0) is 24.3 Å². The van der Waals surface area contributed by atoms with E-state index in [0.717, 1.165) is 15.5 Å². The number of rotatable bonds is 3. The first-order valence-electron chi connectivity index (χ1n) is 6.13. The van der Waals surface area contributed by atoms with Gasteiger partial charge in [0.05, 0.1) is 12.0 Å². The van der Waals surface area contributed by atoms with Gasteiger partial charge in [-0.3, -0.25) is 4.79 Å². The third-order valence-corrected chi connectivity index (χ3v) is 4.17. The summed E-state index contributed by atoms with van der Waals surface area (Å²) in [5, 5.41) is 12.3. The van der Waals surface area contributed by atoms with Crippen molar-refractivity contribution in [1.29, 1.82) is 0 Å². The van der Waals surface area contributed by atoms with Gasteiger partial charge in [0.2, 0.25) is 0 Å². The first-order chi connectivity index (χ1) is 9.69. The Morgan fingerprint density at radius 3 is 2.85 bits per heavy atom. The quantitative estimate of drug-likeness (QED) is 0.911. The molecule has 2 aromatic carbocycles. The number of para-hydroxylation sites is 1. The minimum Gasteiger partial charge on any atom is -0.496 e. The summed E-state index contributed by atoms with van der Waals surface area (Å²) in [6.45, 7) is 0. The highest BCUT2D eigenvalue weighted by molar-refractivity contribution is 7.99. The lowest BCUT2D eigenvalue weighted by Crippen LogP contribution is -2.10. The van der Waals surface area contributed by atoms with Crippen molar-refractivity contribution in [3.8, 4) is 5.75 Å². The molecule has 1 aliphatic heterocycles. The molecule has 1 heterocycles. The number of hydrogen-bond acceptors (Lipinski definition) is 4. The van der Waals surface area contributed by atoms with Crippen molar-refractivity contribution in [2.75, 3.05) is 12.4 Å². The van der Waals surface area contributed by atoms with Crippen LogP contribution in [0, 0.1) is 0 Å². The van der Waals surface area contributed by atoms with Crippen LogP contribution >= 0.6 is 11.8 Å². The summed E-state index contributed by atoms with van der Waals surface area (Å²) < 4.78 is 5.31. The monoisotopic (exact) mass is 287 g/mol. The fourth-order valence-corrected chi connectivity index (χ4v) is 3.08. The van der Waals surface area contributed by atoms with Gasteiger partial charge in [0.1, 0.15) is 5.75 Å². The van der Waals surface area contributed by atoms with Gasteiger partial charge in [0.25, 0.3) is 5.91 Å². The normalized spacial score (nSPS) is 16.7. The smallest absolute Gasteiger partial charge is 0.257 e. The minimum absolute atomic E-state index is 0.376. The number of carbonyl (C=O) groups is 1. The molecule has 5 heteroatoms. The molecule has 4 nitrogen and oxygen atoms in total. The summed E-state index contributed by atoms with van der Waals surface area (Å²) in [5.74, 6) is 0.432. The van der Waals surface area contributed by atoms with E-state index < -0.39 is 6.10 Å². The van der Waals surface area contributed by atoms with Crippen LogP contribution < -0.4 is 10.1 Å². The SMILES string of the molecule is COc1ccccc1Sc1ccc2c(c1)NC(=O)C2O. The molecule has 1 unspecified atom stereocenters. The molecule has 0 bridgehead atoms. The Morgan fingerprint density at radius 1 is 1.25 bits per heavy atom.